The van der Waals surface area contributed by atoms with Gasteiger partial charge in [-0.2, -0.15) is 4.37 Å². The first kappa shape index (κ1) is 15.9. The Morgan fingerprint density at radius 3 is 2.48 bits per heavy atom. The lowest BCUT2D eigenvalue weighted by Crippen LogP contribution is -2.13. The molecule has 1 fully saturated rings. The Morgan fingerprint density at radius 2 is 1.91 bits per heavy atom. The summed E-state index contributed by atoms with van der Waals surface area (Å²) in [6, 6.07) is 8.10. The molecule has 23 heavy (non-hydrogen) atoms. The number of anilines is 2. The summed E-state index contributed by atoms with van der Waals surface area (Å²) in [5.41, 5.74) is 2.01. The van der Waals surface area contributed by atoms with Crippen LogP contribution in [0.25, 0.3) is 0 Å². The first-order valence-electron chi connectivity index (χ1n) is 8.04. The predicted molar refractivity (Wildman–Crippen MR) is 93.8 cm³/mol. The van der Waals surface area contributed by atoms with Gasteiger partial charge >= 0.3 is 0 Å². The van der Waals surface area contributed by atoms with Crippen LogP contribution in [-0.2, 0) is 4.79 Å². The Kier molecular flexibility index (Phi) is 4.61. The molecule has 0 radical (unpaired) electrons. The minimum absolute atomic E-state index is 0.135. The van der Waals surface area contributed by atoms with Gasteiger partial charge in [0, 0.05) is 29.1 Å². The summed E-state index contributed by atoms with van der Waals surface area (Å²) < 4.78 is 4.35. The van der Waals surface area contributed by atoms with Crippen molar-refractivity contribution < 1.29 is 4.79 Å². The maximum atomic E-state index is 11.8. The molecule has 1 aliphatic carbocycles. The topological polar surface area (TPSA) is 66.9 Å². The summed E-state index contributed by atoms with van der Waals surface area (Å²) in [7, 11) is 0. The van der Waals surface area contributed by atoms with Crippen LogP contribution in [0.1, 0.15) is 57.0 Å². The summed E-state index contributed by atoms with van der Waals surface area (Å²) in [5, 5.41) is 7.18. The van der Waals surface area contributed by atoms with E-state index in [1.807, 2.05) is 24.3 Å². The fraction of sp³-hybridized carbons (Fsp3) is 0.471. The van der Waals surface area contributed by atoms with E-state index in [4.69, 9.17) is 0 Å². The summed E-state index contributed by atoms with van der Waals surface area (Å²) in [6.45, 7) is 6.27. The van der Waals surface area contributed by atoms with Crippen molar-refractivity contribution >= 4 is 28.3 Å². The first-order chi connectivity index (χ1) is 11.0. The summed E-state index contributed by atoms with van der Waals surface area (Å²) in [4.78, 5) is 16.3. The van der Waals surface area contributed by atoms with Crippen LogP contribution in [0, 0.1) is 5.92 Å². The molecule has 6 heteroatoms. The van der Waals surface area contributed by atoms with E-state index < -0.39 is 0 Å². The van der Waals surface area contributed by atoms with Crippen molar-refractivity contribution in [2.75, 3.05) is 10.6 Å². The van der Waals surface area contributed by atoms with Gasteiger partial charge < -0.3 is 10.6 Å². The lowest BCUT2D eigenvalue weighted by Gasteiger charge is -2.14. The van der Waals surface area contributed by atoms with Gasteiger partial charge in [0.15, 0.2) is 0 Å². The van der Waals surface area contributed by atoms with Gasteiger partial charge in [-0.05, 0) is 37.5 Å². The van der Waals surface area contributed by atoms with Gasteiger partial charge in [0.1, 0.15) is 5.82 Å². The molecule has 0 spiro atoms. The summed E-state index contributed by atoms with van der Waals surface area (Å²) >= 11 is 1.39. The molecule has 122 valence electrons. The maximum absolute atomic E-state index is 11.8. The first-order valence-corrected chi connectivity index (χ1v) is 8.81. The van der Waals surface area contributed by atoms with Crippen molar-refractivity contribution in [2.45, 2.75) is 45.6 Å². The van der Waals surface area contributed by atoms with Crippen LogP contribution >= 0.6 is 11.5 Å². The average molecular weight is 330 g/mol. The molecule has 3 rings (SSSR count). The minimum atomic E-state index is 0.135. The number of nitrogens with one attached hydrogen (secondary N) is 2. The fourth-order valence-corrected chi connectivity index (χ4v) is 3.04. The SMILES string of the molecule is CC(C)c1nsc(NC(C)c2ccc(NC(=O)C3CC3)cc2)n1. The molecule has 1 heterocycles. The van der Waals surface area contributed by atoms with E-state index in [0.717, 1.165) is 35.0 Å². The molecule has 1 unspecified atom stereocenters. The number of aromatic nitrogens is 2. The number of hydrogen-bond donors (Lipinski definition) is 2. The molecule has 1 aliphatic rings. The van der Waals surface area contributed by atoms with E-state index in [-0.39, 0.29) is 17.9 Å². The monoisotopic (exact) mass is 330 g/mol. The largest absolute Gasteiger partial charge is 0.354 e. The Bertz CT molecular complexity index is 676. The highest BCUT2D eigenvalue weighted by atomic mass is 32.1. The zero-order valence-corrected chi connectivity index (χ0v) is 14.5. The van der Waals surface area contributed by atoms with E-state index in [1.165, 1.54) is 11.5 Å². The van der Waals surface area contributed by atoms with Gasteiger partial charge in [0.2, 0.25) is 11.0 Å². The van der Waals surface area contributed by atoms with Crippen molar-refractivity contribution in [1.29, 1.82) is 0 Å². The Balaban J connectivity index is 1.60. The van der Waals surface area contributed by atoms with Crippen LogP contribution in [0.2, 0.25) is 0 Å². The van der Waals surface area contributed by atoms with E-state index in [0.29, 0.717) is 5.92 Å². The van der Waals surface area contributed by atoms with Gasteiger partial charge in [0.25, 0.3) is 0 Å². The zero-order valence-electron chi connectivity index (χ0n) is 13.7. The van der Waals surface area contributed by atoms with Gasteiger partial charge in [0.05, 0.1) is 6.04 Å². The van der Waals surface area contributed by atoms with Crippen LogP contribution in [-0.4, -0.2) is 15.3 Å². The van der Waals surface area contributed by atoms with Crippen molar-refractivity contribution in [3.8, 4) is 0 Å². The Labute approximate surface area is 140 Å². The lowest BCUT2D eigenvalue weighted by molar-refractivity contribution is -0.117. The quantitative estimate of drug-likeness (QED) is 0.833. The summed E-state index contributed by atoms with van der Waals surface area (Å²) in [5.74, 6) is 1.58. The van der Waals surface area contributed by atoms with Crippen LogP contribution in [0.5, 0.6) is 0 Å². The molecule has 1 aromatic heterocycles. The second-order valence-electron chi connectivity index (χ2n) is 6.36. The fourth-order valence-electron chi connectivity index (χ4n) is 2.24. The van der Waals surface area contributed by atoms with Gasteiger partial charge in [-0.25, -0.2) is 4.98 Å². The lowest BCUT2D eigenvalue weighted by atomic mass is 10.1. The van der Waals surface area contributed by atoms with E-state index in [9.17, 15) is 4.79 Å². The highest BCUT2D eigenvalue weighted by Gasteiger charge is 2.29. The maximum Gasteiger partial charge on any atom is 0.227 e. The Morgan fingerprint density at radius 1 is 1.22 bits per heavy atom. The van der Waals surface area contributed by atoms with Crippen LogP contribution < -0.4 is 10.6 Å². The molecular weight excluding hydrogens is 308 g/mol. The highest BCUT2D eigenvalue weighted by Crippen LogP contribution is 2.30. The number of benzene rings is 1. The van der Waals surface area contributed by atoms with Gasteiger partial charge in [-0.1, -0.05) is 26.0 Å². The van der Waals surface area contributed by atoms with E-state index in [1.54, 1.807) is 0 Å². The molecule has 2 aromatic rings. The number of hydrogen-bond acceptors (Lipinski definition) is 5. The number of amides is 1. The third kappa shape index (κ3) is 4.07. The molecule has 5 nitrogen and oxygen atoms in total. The third-order valence-corrected chi connectivity index (χ3v) is 4.58. The predicted octanol–water partition coefficient (Wildman–Crippen LogP) is 4.18. The molecule has 0 aliphatic heterocycles. The van der Waals surface area contributed by atoms with Crippen molar-refractivity contribution in [3.63, 3.8) is 0 Å². The zero-order chi connectivity index (χ0) is 16.4. The molecule has 0 bridgehead atoms. The molecule has 1 atom stereocenters. The van der Waals surface area contributed by atoms with Crippen LogP contribution in [0.4, 0.5) is 10.8 Å². The normalized spacial score (nSPS) is 15.5. The number of rotatable bonds is 6. The second kappa shape index (κ2) is 6.66. The number of carbonyl (C=O) groups excluding carboxylic acids is 1. The Hall–Kier alpha value is -1.95. The molecule has 0 saturated heterocycles. The second-order valence-corrected chi connectivity index (χ2v) is 7.12. The van der Waals surface area contributed by atoms with Gasteiger partial charge in [-0.3, -0.25) is 4.79 Å². The molecule has 1 amide bonds. The van der Waals surface area contributed by atoms with Crippen molar-refractivity contribution in [1.82, 2.24) is 9.36 Å². The third-order valence-electron chi connectivity index (χ3n) is 3.92. The van der Waals surface area contributed by atoms with E-state index >= 15 is 0 Å². The van der Waals surface area contributed by atoms with Crippen LogP contribution in [0.3, 0.4) is 0 Å². The molecule has 1 saturated carbocycles. The minimum Gasteiger partial charge on any atom is -0.354 e. The standard InChI is InChI=1S/C17H22N4OS/c1-10(2)15-20-17(23-21-15)18-11(3)12-6-8-14(9-7-12)19-16(22)13-4-5-13/h6-11,13H,4-5H2,1-3H3,(H,19,22)(H,18,20,21). The van der Waals surface area contributed by atoms with E-state index in [2.05, 4.69) is 40.8 Å². The summed E-state index contributed by atoms with van der Waals surface area (Å²) in [6.07, 6.45) is 2.04. The highest BCUT2D eigenvalue weighted by molar-refractivity contribution is 7.09. The smallest absolute Gasteiger partial charge is 0.227 e. The molecule has 1 aromatic carbocycles. The van der Waals surface area contributed by atoms with Crippen LogP contribution in [0.15, 0.2) is 24.3 Å². The average Bonchev–Trinajstić information content (AvgIpc) is 3.28. The van der Waals surface area contributed by atoms with Crippen molar-refractivity contribution in [3.05, 3.63) is 35.7 Å². The molecular formula is C17H22N4OS. The van der Waals surface area contributed by atoms with Crippen molar-refractivity contribution in [2.24, 2.45) is 5.92 Å². The molecule has 2 N–H and O–H groups in total. The number of nitrogens with zero attached hydrogens (tertiary/aromatic N) is 2. The van der Waals surface area contributed by atoms with Gasteiger partial charge in [-0.15, -0.1) is 0 Å². The number of carbonyl (C=O) groups is 1.